The second-order valence-electron chi connectivity index (χ2n) is 4.97. The van der Waals surface area contributed by atoms with Gasteiger partial charge in [0.05, 0.1) is 5.56 Å². The Morgan fingerprint density at radius 2 is 1.91 bits per heavy atom. The van der Waals surface area contributed by atoms with Crippen LogP contribution in [0.4, 0.5) is 4.79 Å². The normalized spacial score (nSPS) is 15.2. The van der Waals surface area contributed by atoms with Crippen LogP contribution in [0.3, 0.4) is 0 Å². The molecule has 2 N–H and O–H groups in total. The number of sulfonamides is 1. The number of unbranched alkanes of at least 4 members (excludes halogenated alkanes) is 1. The molecule has 2 rings (SSSR count). The number of urea groups is 1. The molecule has 0 aliphatic carbocycles. The van der Waals surface area contributed by atoms with Gasteiger partial charge in [-0.1, -0.05) is 25.5 Å². The van der Waals surface area contributed by atoms with E-state index in [2.05, 4.69) is 5.32 Å². The van der Waals surface area contributed by atoms with Crippen LogP contribution in [0.1, 0.15) is 30.1 Å². The standard InChI is InChI=1S/C14H17N3O5S/c1-2-3-8-15-14(20)16-12(18)9-17-13(19)10-6-4-5-7-11(10)23(17,21)22/h4-7H,2-3,8-9H2,1H3,(H2,15,16,18,20). The van der Waals surface area contributed by atoms with Crippen LogP contribution in [0.5, 0.6) is 0 Å². The van der Waals surface area contributed by atoms with Gasteiger partial charge < -0.3 is 5.32 Å². The minimum Gasteiger partial charge on any atom is -0.338 e. The first-order chi connectivity index (χ1) is 10.9. The molecule has 1 aliphatic heterocycles. The van der Waals surface area contributed by atoms with Crippen molar-refractivity contribution in [1.82, 2.24) is 14.9 Å². The average Bonchev–Trinajstić information content (AvgIpc) is 2.69. The van der Waals surface area contributed by atoms with Gasteiger partial charge in [0.15, 0.2) is 0 Å². The summed E-state index contributed by atoms with van der Waals surface area (Å²) in [6.45, 7) is 1.62. The molecule has 0 atom stereocenters. The molecule has 23 heavy (non-hydrogen) atoms. The molecule has 1 aromatic rings. The Labute approximate surface area is 133 Å². The summed E-state index contributed by atoms with van der Waals surface area (Å²) in [5, 5.41) is 4.47. The summed E-state index contributed by atoms with van der Waals surface area (Å²) in [4.78, 5) is 35.2. The van der Waals surface area contributed by atoms with Crippen molar-refractivity contribution in [2.75, 3.05) is 13.1 Å². The number of fused-ring (bicyclic) bond motifs is 1. The lowest BCUT2D eigenvalue weighted by molar-refractivity contribution is -0.119. The van der Waals surface area contributed by atoms with Crippen LogP contribution in [0.15, 0.2) is 29.2 Å². The van der Waals surface area contributed by atoms with E-state index in [0.717, 1.165) is 12.8 Å². The summed E-state index contributed by atoms with van der Waals surface area (Å²) in [5.74, 6) is -1.65. The van der Waals surface area contributed by atoms with Crippen molar-refractivity contribution in [3.8, 4) is 0 Å². The van der Waals surface area contributed by atoms with Gasteiger partial charge in [-0.2, -0.15) is 0 Å². The maximum Gasteiger partial charge on any atom is 0.321 e. The quantitative estimate of drug-likeness (QED) is 0.757. The van der Waals surface area contributed by atoms with Crippen LogP contribution in [-0.4, -0.2) is 43.7 Å². The molecule has 0 fully saturated rings. The molecule has 124 valence electrons. The maximum absolute atomic E-state index is 12.3. The van der Waals surface area contributed by atoms with E-state index < -0.39 is 34.4 Å². The van der Waals surface area contributed by atoms with Crippen molar-refractivity contribution in [1.29, 1.82) is 0 Å². The van der Waals surface area contributed by atoms with Crippen molar-refractivity contribution in [3.63, 3.8) is 0 Å². The molecule has 0 spiro atoms. The van der Waals surface area contributed by atoms with Gasteiger partial charge in [0.25, 0.3) is 15.9 Å². The van der Waals surface area contributed by atoms with Gasteiger partial charge in [-0.15, -0.1) is 0 Å². The molecular formula is C14H17N3O5S. The predicted molar refractivity (Wildman–Crippen MR) is 81.1 cm³/mol. The zero-order valence-corrected chi connectivity index (χ0v) is 13.4. The van der Waals surface area contributed by atoms with Crippen LogP contribution in [0.2, 0.25) is 0 Å². The molecule has 4 amide bonds. The van der Waals surface area contributed by atoms with E-state index in [1.54, 1.807) is 0 Å². The molecule has 0 radical (unpaired) electrons. The molecule has 1 heterocycles. The zero-order chi connectivity index (χ0) is 17.0. The van der Waals surface area contributed by atoms with E-state index in [4.69, 9.17) is 0 Å². The molecule has 0 aromatic heterocycles. The third kappa shape index (κ3) is 3.50. The second kappa shape index (κ2) is 6.78. The fourth-order valence-electron chi connectivity index (χ4n) is 2.11. The topological polar surface area (TPSA) is 113 Å². The van der Waals surface area contributed by atoms with E-state index in [1.165, 1.54) is 24.3 Å². The van der Waals surface area contributed by atoms with Crippen molar-refractivity contribution in [2.45, 2.75) is 24.7 Å². The van der Waals surface area contributed by atoms with Gasteiger partial charge in [0, 0.05) is 6.54 Å². The molecular weight excluding hydrogens is 322 g/mol. The van der Waals surface area contributed by atoms with Crippen LogP contribution in [0, 0.1) is 0 Å². The van der Waals surface area contributed by atoms with Crippen molar-refractivity contribution < 1.29 is 22.8 Å². The largest absolute Gasteiger partial charge is 0.338 e. The summed E-state index contributed by atoms with van der Waals surface area (Å²) in [6.07, 6.45) is 1.64. The molecule has 8 nitrogen and oxygen atoms in total. The Bertz CT molecular complexity index is 745. The summed E-state index contributed by atoms with van der Waals surface area (Å²) in [7, 11) is -4.06. The Kier molecular flexibility index (Phi) is 4.99. The van der Waals surface area contributed by atoms with E-state index in [9.17, 15) is 22.8 Å². The van der Waals surface area contributed by atoms with E-state index in [0.29, 0.717) is 10.8 Å². The van der Waals surface area contributed by atoms with Gasteiger partial charge in [0.1, 0.15) is 11.4 Å². The van der Waals surface area contributed by atoms with Crippen LogP contribution in [-0.2, 0) is 14.8 Å². The van der Waals surface area contributed by atoms with E-state index in [-0.39, 0.29) is 10.5 Å². The second-order valence-corrected chi connectivity index (χ2v) is 6.80. The fraction of sp³-hybridized carbons (Fsp3) is 0.357. The number of nitrogens with one attached hydrogen (secondary N) is 2. The fourth-order valence-corrected chi connectivity index (χ4v) is 3.63. The summed E-state index contributed by atoms with van der Waals surface area (Å²) >= 11 is 0. The monoisotopic (exact) mass is 339 g/mol. The lowest BCUT2D eigenvalue weighted by Gasteiger charge is -2.14. The first-order valence-electron chi connectivity index (χ1n) is 7.11. The van der Waals surface area contributed by atoms with Crippen LogP contribution in [0.25, 0.3) is 0 Å². The highest BCUT2D eigenvalue weighted by Crippen LogP contribution is 2.29. The number of imide groups is 1. The number of nitrogens with zero attached hydrogens (tertiary/aromatic N) is 1. The Balaban J connectivity index is 2.03. The van der Waals surface area contributed by atoms with Gasteiger partial charge in [-0.25, -0.2) is 17.5 Å². The van der Waals surface area contributed by atoms with E-state index in [1.807, 2.05) is 12.2 Å². The summed E-state index contributed by atoms with van der Waals surface area (Å²) in [6, 6.07) is 5.00. The molecule has 1 aliphatic rings. The van der Waals surface area contributed by atoms with Crippen molar-refractivity contribution in [2.24, 2.45) is 0 Å². The minimum atomic E-state index is -4.06. The van der Waals surface area contributed by atoms with Crippen molar-refractivity contribution in [3.05, 3.63) is 29.8 Å². The molecule has 0 saturated carbocycles. The first-order valence-corrected chi connectivity index (χ1v) is 8.55. The number of benzene rings is 1. The SMILES string of the molecule is CCCCNC(=O)NC(=O)CN1C(=O)c2ccccc2S1(=O)=O. The van der Waals surface area contributed by atoms with Crippen LogP contribution < -0.4 is 10.6 Å². The van der Waals surface area contributed by atoms with E-state index >= 15 is 0 Å². The number of carbonyl (C=O) groups is 3. The predicted octanol–water partition coefficient (Wildman–Crippen LogP) is 0.457. The summed E-state index contributed by atoms with van der Waals surface area (Å²) in [5.41, 5.74) is 0.0210. The Morgan fingerprint density at radius 1 is 1.22 bits per heavy atom. The highest BCUT2D eigenvalue weighted by atomic mass is 32.2. The Morgan fingerprint density at radius 3 is 2.57 bits per heavy atom. The first kappa shape index (κ1) is 16.9. The number of hydrogen-bond acceptors (Lipinski definition) is 5. The minimum absolute atomic E-state index is 0.0210. The molecule has 1 aromatic carbocycles. The third-order valence-corrected chi connectivity index (χ3v) is 5.06. The number of rotatable bonds is 5. The number of carbonyl (C=O) groups excluding carboxylic acids is 3. The molecule has 0 bridgehead atoms. The zero-order valence-electron chi connectivity index (χ0n) is 12.5. The summed E-state index contributed by atoms with van der Waals surface area (Å²) < 4.78 is 25.0. The lowest BCUT2D eigenvalue weighted by atomic mass is 10.2. The lowest BCUT2D eigenvalue weighted by Crippen LogP contribution is -2.46. The highest BCUT2D eigenvalue weighted by Gasteiger charge is 2.41. The highest BCUT2D eigenvalue weighted by molar-refractivity contribution is 7.90. The molecule has 9 heteroatoms. The number of amides is 4. The van der Waals surface area contributed by atoms with Gasteiger partial charge in [-0.3, -0.25) is 14.9 Å². The third-order valence-electron chi connectivity index (χ3n) is 3.27. The van der Waals surface area contributed by atoms with Gasteiger partial charge in [0.2, 0.25) is 5.91 Å². The van der Waals surface area contributed by atoms with Gasteiger partial charge in [-0.05, 0) is 18.6 Å². The Hall–Kier alpha value is -2.42. The number of hydrogen-bond donors (Lipinski definition) is 2. The molecule has 0 saturated heterocycles. The average molecular weight is 339 g/mol. The van der Waals surface area contributed by atoms with Crippen molar-refractivity contribution >= 4 is 27.9 Å². The van der Waals surface area contributed by atoms with Crippen LogP contribution >= 0.6 is 0 Å². The maximum atomic E-state index is 12.3. The van der Waals surface area contributed by atoms with Gasteiger partial charge >= 0.3 is 6.03 Å². The smallest absolute Gasteiger partial charge is 0.321 e. The molecule has 0 unspecified atom stereocenters.